The maximum Gasteiger partial charge on any atom is 0.255 e. The standard InChI is InChI=1S/C15H17N3O/c1-9-3-4-11(5-10(9)2)6-14-17-13-8-16-7-12(13)15(19)18-14/h3-5,16H,6-8H2,1-2H3,(H,17,18,19). The lowest BCUT2D eigenvalue weighted by Gasteiger charge is -2.06. The van der Waals surface area contributed by atoms with Crippen molar-refractivity contribution in [1.29, 1.82) is 0 Å². The van der Waals surface area contributed by atoms with Gasteiger partial charge < -0.3 is 10.3 Å². The summed E-state index contributed by atoms with van der Waals surface area (Å²) in [6.45, 7) is 5.52. The average molecular weight is 255 g/mol. The van der Waals surface area contributed by atoms with E-state index in [1.807, 2.05) is 0 Å². The highest BCUT2D eigenvalue weighted by molar-refractivity contribution is 5.32. The Morgan fingerprint density at radius 1 is 1.21 bits per heavy atom. The van der Waals surface area contributed by atoms with Gasteiger partial charge in [0.25, 0.3) is 5.56 Å². The summed E-state index contributed by atoms with van der Waals surface area (Å²) in [6, 6.07) is 6.35. The lowest BCUT2D eigenvalue weighted by molar-refractivity contribution is 0.755. The van der Waals surface area contributed by atoms with Crippen LogP contribution in [-0.2, 0) is 19.5 Å². The normalized spacial score (nSPS) is 13.6. The Balaban J connectivity index is 1.93. The van der Waals surface area contributed by atoms with Crippen molar-refractivity contribution in [2.24, 2.45) is 0 Å². The van der Waals surface area contributed by atoms with Crippen LogP contribution in [0.15, 0.2) is 23.0 Å². The van der Waals surface area contributed by atoms with Crippen LogP contribution in [-0.4, -0.2) is 9.97 Å². The van der Waals surface area contributed by atoms with Gasteiger partial charge in [-0.15, -0.1) is 0 Å². The highest BCUT2D eigenvalue weighted by Crippen LogP contribution is 2.13. The fourth-order valence-electron chi connectivity index (χ4n) is 2.42. The first-order valence-corrected chi connectivity index (χ1v) is 6.51. The topological polar surface area (TPSA) is 57.8 Å². The van der Waals surface area contributed by atoms with Crippen LogP contribution >= 0.6 is 0 Å². The summed E-state index contributed by atoms with van der Waals surface area (Å²) in [4.78, 5) is 19.3. The Bertz CT molecular complexity index is 688. The third-order valence-corrected chi connectivity index (χ3v) is 3.69. The van der Waals surface area contributed by atoms with Crippen molar-refractivity contribution in [1.82, 2.24) is 15.3 Å². The number of aromatic amines is 1. The van der Waals surface area contributed by atoms with Crippen molar-refractivity contribution in [2.75, 3.05) is 0 Å². The molecule has 2 heterocycles. The number of benzene rings is 1. The molecule has 4 heteroatoms. The number of aryl methyl sites for hydroxylation is 2. The summed E-state index contributed by atoms with van der Waals surface area (Å²) < 4.78 is 0. The Hall–Kier alpha value is -1.94. The zero-order chi connectivity index (χ0) is 13.4. The van der Waals surface area contributed by atoms with Gasteiger partial charge in [-0.1, -0.05) is 18.2 Å². The molecular formula is C15H17N3O. The van der Waals surface area contributed by atoms with E-state index in [2.05, 4.69) is 47.3 Å². The van der Waals surface area contributed by atoms with Crippen molar-refractivity contribution in [3.63, 3.8) is 0 Å². The Morgan fingerprint density at radius 2 is 2.05 bits per heavy atom. The summed E-state index contributed by atoms with van der Waals surface area (Å²) in [5, 5.41) is 3.15. The second kappa shape index (κ2) is 4.63. The molecule has 1 aromatic heterocycles. The maximum absolute atomic E-state index is 11.9. The first-order chi connectivity index (χ1) is 9.13. The molecule has 0 atom stereocenters. The van der Waals surface area contributed by atoms with E-state index in [1.165, 1.54) is 16.7 Å². The molecule has 0 saturated heterocycles. The number of hydrogen-bond donors (Lipinski definition) is 2. The SMILES string of the molecule is Cc1ccc(Cc2nc3c(c(=O)[nH]2)CNC3)cc1C. The van der Waals surface area contributed by atoms with Crippen LogP contribution in [0, 0.1) is 13.8 Å². The predicted molar refractivity (Wildman–Crippen MR) is 74.1 cm³/mol. The number of nitrogens with one attached hydrogen (secondary N) is 2. The molecule has 98 valence electrons. The summed E-state index contributed by atoms with van der Waals surface area (Å²) in [5.41, 5.74) is 5.39. The van der Waals surface area contributed by atoms with Crippen LogP contribution in [0.25, 0.3) is 0 Å². The number of aromatic nitrogens is 2. The fraction of sp³-hybridized carbons (Fsp3) is 0.333. The first-order valence-electron chi connectivity index (χ1n) is 6.51. The Kier molecular flexibility index (Phi) is 2.95. The molecule has 0 amide bonds. The predicted octanol–water partition coefficient (Wildman–Crippen LogP) is 1.58. The summed E-state index contributed by atoms with van der Waals surface area (Å²) in [6.07, 6.45) is 0.670. The van der Waals surface area contributed by atoms with Crippen LogP contribution < -0.4 is 10.9 Å². The van der Waals surface area contributed by atoms with Gasteiger partial charge in [-0.3, -0.25) is 4.79 Å². The number of hydrogen-bond acceptors (Lipinski definition) is 3. The van der Waals surface area contributed by atoms with Gasteiger partial charge in [0, 0.05) is 19.5 Å². The van der Waals surface area contributed by atoms with E-state index < -0.39 is 0 Å². The monoisotopic (exact) mass is 255 g/mol. The third kappa shape index (κ3) is 2.31. The minimum atomic E-state index is -0.00571. The molecule has 1 aliphatic rings. The van der Waals surface area contributed by atoms with Crippen molar-refractivity contribution in [2.45, 2.75) is 33.4 Å². The van der Waals surface area contributed by atoms with E-state index in [0.717, 1.165) is 17.1 Å². The molecule has 0 fully saturated rings. The van der Waals surface area contributed by atoms with Crippen molar-refractivity contribution in [3.05, 3.63) is 62.3 Å². The van der Waals surface area contributed by atoms with Crippen LogP contribution in [0.2, 0.25) is 0 Å². The lowest BCUT2D eigenvalue weighted by atomic mass is 10.0. The van der Waals surface area contributed by atoms with Crippen LogP contribution in [0.1, 0.15) is 33.8 Å². The van der Waals surface area contributed by atoms with Crippen molar-refractivity contribution in [3.8, 4) is 0 Å². The largest absolute Gasteiger partial charge is 0.310 e. The molecule has 0 unspecified atom stereocenters. The van der Waals surface area contributed by atoms with Gasteiger partial charge in [0.05, 0.1) is 11.3 Å². The van der Waals surface area contributed by atoms with E-state index in [9.17, 15) is 4.79 Å². The van der Waals surface area contributed by atoms with Gasteiger partial charge in [-0.2, -0.15) is 0 Å². The van der Waals surface area contributed by atoms with Gasteiger partial charge in [0.2, 0.25) is 0 Å². The minimum Gasteiger partial charge on any atom is -0.310 e. The van der Waals surface area contributed by atoms with E-state index in [4.69, 9.17) is 0 Å². The van der Waals surface area contributed by atoms with E-state index in [0.29, 0.717) is 19.5 Å². The molecule has 3 rings (SSSR count). The van der Waals surface area contributed by atoms with Gasteiger partial charge in [-0.05, 0) is 30.5 Å². The maximum atomic E-state index is 11.9. The highest BCUT2D eigenvalue weighted by Gasteiger charge is 2.16. The van der Waals surface area contributed by atoms with Gasteiger partial charge in [0.1, 0.15) is 5.82 Å². The van der Waals surface area contributed by atoms with Gasteiger partial charge in [0.15, 0.2) is 0 Å². The molecular weight excluding hydrogens is 238 g/mol. The van der Waals surface area contributed by atoms with Crippen molar-refractivity contribution < 1.29 is 0 Å². The molecule has 4 nitrogen and oxygen atoms in total. The Morgan fingerprint density at radius 3 is 2.84 bits per heavy atom. The highest BCUT2D eigenvalue weighted by atomic mass is 16.1. The second-order valence-corrected chi connectivity index (χ2v) is 5.14. The number of fused-ring (bicyclic) bond motifs is 1. The van der Waals surface area contributed by atoms with Crippen LogP contribution in [0.3, 0.4) is 0 Å². The zero-order valence-corrected chi connectivity index (χ0v) is 11.2. The van der Waals surface area contributed by atoms with Crippen LogP contribution in [0.4, 0.5) is 0 Å². The molecule has 19 heavy (non-hydrogen) atoms. The molecule has 0 spiro atoms. The second-order valence-electron chi connectivity index (χ2n) is 5.14. The zero-order valence-electron chi connectivity index (χ0n) is 11.2. The third-order valence-electron chi connectivity index (χ3n) is 3.69. The van der Waals surface area contributed by atoms with Crippen LogP contribution in [0.5, 0.6) is 0 Å². The lowest BCUT2D eigenvalue weighted by Crippen LogP contribution is -2.17. The first kappa shape index (κ1) is 12.1. The Labute approximate surface area is 111 Å². The smallest absolute Gasteiger partial charge is 0.255 e. The van der Waals surface area contributed by atoms with Gasteiger partial charge in [-0.25, -0.2) is 4.98 Å². The average Bonchev–Trinajstić information content (AvgIpc) is 2.82. The number of nitrogens with zero attached hydrogens (tertiary/aromatic N) is 1. The van der Waals surface area contributed by atoms with Gasteiger partial charge >= 0.3 is 0 Å². The molecule has 1 aromatic carbocycles. The molecule has 1 aliphatic heterocycles. The quantitative estimate of drug-likeness (QED) is 0.856. The number of rotatable bonds is 2. The molecule has 0 aliphatic carbocycles. The van der Waals surface area contributed by atoms with Crippen molar-refractivity contribution >= 4 is 0 Å². The molecule has 2 N–H and O–H groups in total. The molecule has 0 bridgehead atoms. The fourth-order valence-corrected chi connectivity index (χ4v) is 2.42. The van der Waals surface area contributed by atoms with E-state index in [-0.39, 0.29) is 5.56 Å². The minimum absolute atomic E-state index is 0.00571. The summed E-state index contributed by atoms with van der Waals surface area (Å²) in [7, 11) is 0. The summed E-state index contributed by atoms with van der Waals surface area (Å²) in [5.74, 6) is 0.746. The number of H-pyrrole nitrogens is 1. The molecule has 2 aromatic rings. The molecule has 0 radical (unpaired) electrons. The van der Waals surface area contributed by atoms with E-state index >= 15 is 0 Å². The summed E-state index contributed by atoms with van der Waals surface area (Å²) >= 11 is 0. The molecule has 0 saturated carbocycles. The van der Waals surface area contributed by atoms with E-state index in [1.54, 1.807) is 0 Å².